The van der Waals surface area contributed by atoms with Crippen LogP contribution in [0.5, 0.6) is 0 Å². The van der Waals surface area contributed by atoms with Gasteiger partial charge in [0.2, 0.25) is 5.91 Å². The Morgan fingerprint density at radius 2 is 1.91 bits per heavy atom. The number of nitrogens with one attached hydrogen (secondary N) is 2. The summed E-state index contributed by atoms with van der Waals surface area (Å²) in [6.45, 7) is 6.32. The van der Waals surface area contributed by atoms with Crippen LogP contribution in [0.25, 0.3) is 0 Å². The number of carbonyl (C=O) groups excluding carboxylic acids is 2. The van der Waals surface area contributed by atoms with Crippen molar-refractivity contribution in [1.29, 1.82) is 0 Å². The maximum absolute atomic E-state index is 12.1. The summed E-state index contributed by atoms with van der Waals surface area (Å²) in [6.07, 6.45) is 2.32. The van der Waals surface area contributed by atoms with E-state index in [9.17, 15) is 9.59 Å². The number of rotatable bonds is 7. The summed E-state index contributed by atoms with van der Waals surface area (Å²) in [7, 11) is 0. The predicted octanol–water partition coefficient (Wildman–Crippen LogP) is 2.70. The molecule has 22 heavy (non-hydrogen) atoms. The molecule has 4 N–H and O–H groups in total. The summed E-state index contributed by atoms with van der Waals surface area (Å²) in [4.78, 5) is 24.0. The van der Waals surface area contributed by atoms with Gasteiger partial charge in [0, 0.05) is 17.8 Å². The van der Waals surface area contributed by atoms with Crippen molar-refractivity contribution >= 4 is 29.9 Å². The Morgan fingerprint density at radius 1 is 1.23 bits per heavy atom. The molecule has 2 amide bonds. The van der Waals surface area contributed by atoms with E-state index in [4.69, 9.17) is 5.73 Å². The van der Waals surface area contributed by atoms with Gasteiger partial charge in [0.15, 0.2) is 0 Å². The van der Waals surface area contributed by atoms with Gasteiger partial charge in [-0.25, -0.2) is 0 Å². The highest BCUT2D eigenvalue weighted by Gasteiger charge is 2.27. The highest BCUT2D eigenvalue weighted by atomic mass is 35.5. The molecule has 1 rings (SSSR count). The van der Waals surface area contributed by atoms with Crippen LogP contribution in [-0.2, 0) is 4.79 Å². The minimum atomic E-state index is -0.908. The molecular weight excluding hydrogens is 302 g/mol. The van der Waals surface area contributed by atoms with Gasteiger partial charge in [-0.15, -0.1) is 12.4 Å². The average Bonchev–Trinajstić information content (AvgIpc) is 2.45. The van der Waals surface area contributed by atoms with Crippen LogP contribution in [0.2, 0.25) is 0 Å². The standard InChI is InChI=1S/C16H25N3O2.ClH/c1-4-9-16(3,17)15(21)19-13-8-6-7-12(11-13)14(20)18-10-5-2;/h6-8,11H,4-5,9-10,17H2,1-3H3,(H,18,20)(H,19,21);1H. The number of hydrogen-bond donors (Lipinski definition) is 3. The Labute approximate surface area is 138 Å². The molecule has 1 aromatic carbocycles. The second kappa shape index (κ2) is 9.43. The lowest BCUT2D eigenvalue weighted by Crippen LogP contribution is -2.48. The topological polar surface area (TPSA) is 84.2 Å². The molecule has 6 heteroatoms. The number of hydrogen-bond acceptors (Lipinski definition) is 3. The van der Waals surface area contributed by atoms with Crippen molar-refractivity contribution in [2.24, 2.45) is 5.73 Å². The Balaban J connectivity index is 0.00000441. The number of carbonyl (C=O) groups is 2. The second-order valence-corrected chi connectivity index (χ2v) is 5.46. The smallest absolute Gasteiger partial charge is 0.251 e. The fourth-order valence-corrected chi connectivity index (χ4v) is 1.99. The van der Waals surface area contributed by atoms with E-state index in [1.807, 2.05) is 13.8 Å². The second-order valence-electron chi connectivity index (χ2n) is 5.46. The molecule has 0 aliphatic rings. The van der Waals surface area contributed by atoms with Crippen molar-refractivity contribution in [2.75, 3.05) is 11.9 Å². The van der Waals surface area contributed by atoms with Gasteiger partial charge in [-0.1, -0.05) is 26.3 Å². The minimum Gasteiger partial charge on any atom is -0.352 e. The van der Waals surface area contributed by atoms with Crippen molar-refractivity contribution < 1.29 is 9.59 Å². The molecule has 1 unspecified atom stereocenters. The number of benzene rings is 1. The van der Waals surface area contributed by atoms with Gasteiger partial charge < -0.3 is 16.4 Å². The van der Waals surface area contributed by atoms with Gasteiger partial charge in [-0.05, 0) is 38.0 Å². The van der Waals surface area contributed by atoms with E-state index in [0.717, 1.165) is 12.8 Å². The van der Waals surface area contributed by atoms with Crippen LogP contribution in [0.4, 0.5) is 5.69 Å². The predicted molar refractivity (Wildman–Crippen MR) is 92.4 cm³/mol. The monoisotopic (exact) mass is 327 g/mol. The third kappa shape index (κ3) is 6.03. The summed E-state index contributed by atoms with van der Waals surface area (Å²) in [5.74, 6) is -0.382. The van der Waals surface area contributed by atoms with Crippen LogP contribution in [-0.4, -0.2) is 23.9 Å². The van der Waals surface area contributed by atoms with Crippen molar-refractivity contribution in [3.05, 3.63) is 29.8 Å². The average molecular weight is 328 g/mol. The lowest BCUT2D eigenvalue weighted by atomic mass is 9.96. The molecule has 0 bridgehead atoms. The number of halogens is 1. The zero-order valence-electron chi connectivity index (χ0n) is 13.4. The van der Waals surface area contributed by atoms with E-state index in [-0.39, 0.29) is 24.2 Å². The van der Waals surface area contributed by atoms with Crippen LogP contribution in [0.3, 0.4) is 0 Å². The Kier molecular flexibility index (Phi) is 8.75. The Bertz CT molecular complexity index is 504. The molecule has 0 spiro atoms. The Hall–Kier alpha value is -1.59. The summed E-state index contributed by atoms with van der Waals surface area (Å²) in [5.41, 5.74) is 6.19. The first-order chi connectivity index (χ1) is 9.90. The van der Waals surface area contributed by atoms with Crippen LogP contribution in [0, 0.1) is 0 Å². The van der Waals surface area contributed by atoms with E-state index in [0.29, 0.717) is 24.2 Å². The summed E-state index contributed by atoms with van der Waals surface area (Å²) < 4.78 is 0. The fourth-order valence-electron chi connectivity index (χ4n) is 1.99. The molecule has 1 atom stereocenters. The van der Waals surface area contributed by atoms with Crippen molar-refractivity contribution in [2.45, 2.75) is 45.6 Å². The third-order valence-electron chi connectivity index (χ3n) is 3.21. The van der Waals surface area contributed by atoms with E-state index in [2.05, 4.69) is 10.6 Å². The van der Waals surface area contributed by atoms with Gasteiger partial charge >= 0.3 is 0 Å². The van der Waals surface area contributed by atoms with Crippen molar-refractivity contribution in [3.63, 3.8) is 0 Å². The third-order valence-corrected chi connectivity index (χ3v) is 3.21. The summed E-state index contributed by atoms with van der Waals surface area (Å²) >= 11 is 0. The van der Waals surface area contributed by atoms with Gasteiger partial charge in [0.05, 0.1) is 5.54 Å². The van der Waals surface area contributed by atoms with E-state index >= 15 is 0 Å². The van der Waals surface area contributed by atoms with E-state index < -0.39 is 5.54 Å². The molecule has 5 nitrogen and oxygen atoms in total. The molecule has 0 radical (unpaired) electrons. The first-order valence-electron chi connectivity index (χ1n) is 7.39. The van der Waals surface area contributed by atoms with Crippen molar-refractivity contribution in [1.82, 2.24) is 5.32 Å². The largest absolute Gasteiger partial charge is 0.352 e. The molecule has 0 aromatic heterocycles. The van der Waals surface area contributed by atoms with Crippen LogP contribution in [0.15, 0.2) is 24.3 Å². The molecule has 0 fully saturated rings. The zero-order valence-corrected chi connectivity index (χ0v) is 14.3. The number of anilines is 1. The van der Waals surface area contributed by atoms with Gasteiger partial charge in [0.25, 0.3) is 5.91 Å². The van der Waals surface area contributed by atoms with E-state index in [1.54, 1.807) is 31.2 Å². The lowest BCUT2D eigenvalue weighted by Gasteiger charge is -2.23. The maximum atomic E-state index is 12.1. The first kappa shape index (κ1) is 20.4. The highest BCUT2D eigenvalue weighted by Crippen LogP contribution is 2.15. The highest BCUT2D eigenvalue weighted by molar-refractivity contribution is 6.00. The lowest BCUT2D eigenvalue weighted by molar-refractivity contribution is -0.120. The van der Waals surface area contributed by atoms with Crippen LogP contribution in [0.1, 0.15) is 50.4 Å². The van der Waals surface area contributed by atoms with Gasteiger partial charge in [-0.3, -0.25) is 9.59 Å². The molecule has 0 heterocycles. The fraction of sp³-hybridized carbons (Fsp3) is 0.500. The minimum absolute atomic E-state index is 0. The summed E-state index contributed by atoms with van der Waals surface area (Å²) in [6, 6.07) is 6.86. The number of nitrogens with two attached hydrogens (primary N) is 1. The molecule has 0 aliphatic heterocycles. The SMILES string of the molecule is CCCNC(=O)c1cccc(NC(=O)C(C)(N)CCC)c1.Cl. The molecule has 124 valence electrons. The quantitative estimate of drug-likeness (QED) is 0.720. The molecule has 0 aliphatic carbocycles. The van der Waals surface area contributed by atoms with Crippen LogP contribution >= 0.6 is 12.4 Å². The van der Waals surface area contributed by atoms with Gasteiger partial charge in [-0.2, -0.15) is 0 Å². The zero-order chi connectivity index (χ0) is 15.9. The van der Waals surface area contributed by atoms with Crippen LogP contribution < -0.4 is 16.4 Å². The molecule has 0 saturated heterocycles. The first-order valence-corrected chi connectivity index (χ1v) is 7.39. The summed E-state index contributed by atoms with van der Waals surface area (Å²) in [5, 5.41) is 5.58. The molecular formula is C16H26ClN3O2. The number of amides is 2. The molecule has 1 aromatic rings. The molecule has 0 saturated carbocycles. The maximum Gasteiger partial charge on any atom is 0.251 e. The Morgan fingerprint density at radius 3 is 2.50 bits per heavy atom. The van der Waals surface area contributed by atoms with Crippen molar-refractivity contribution in [3.8, 4) is 0 Å². The van der Waals surface area contributed by atoms with Gasteiger partial charge in [0.1, 0.15) is 0 Å². The normalized spacial score (nSPS) is 12.7. The van der Waals surface area contributed by atoms with E-state index in [1.165, 1.54) is 0 Å².